The summed E-state index contributed by atoms with van der Waals surface area (Å²) in [6.07, 6.45) is 9.90. The van der Waals surface area contributed by atoms with Crippen LogP contribution >= 0.6 is 0 Å². The molecule has 3 fully saturated rings. The summed E-state index contributed by atoms with van der Waals surface area (Å²) in [6.45, 7) is 12.4. The van der Waals surface area contributed by atoms with E-state index in [1.807, 2.05) is 0 Å². The molecule has 1 N–H and O–H groups in total. The minimum absolute atomic E-state index is 0.388. The standard InChI is InChI=1S/C18H34N2/c1-5-15-12-19-18(4,14-9-10-14)13-20(15)16-8-6-7-11-17(16,2)3/h14-16,19H,5-13H2,1-4H3. The van der Waals surface area contributed by atoms with E-state index in [1.165, 1.54) is 58.0 Å². The predicted octanol–water partition coefficient (Wildman–Crippen LogP) is 3.81. The van der Waals surface area contributed by atoms with Crippen molar-refractivity contribution in [3.05, 3.63) is 0 Å². The van der Waals surface area contributed by atoms with Crippen molar-refractivity contribution in [2.24, 2.45) is 11.3 Å². The van der Waals surface area contributed by atoms with Crippen LogP contribution in [0, 0.1) is 11.3 Å². The smallest absolute Gasteiger partial charge is 0.0309 e. The maximum absolute atomic E-state index is 3.91. The molecule has 3 aliphatic rings. The van der Waals surface area contributed by atoms with Gasteiger partial charge in [-0.25, -0.2) is 0 Å². The van der Waals surface area contributed by atoms with Crippen molar-refractivity contribution in [2.75, 3.05) is 13.1 Å². The third-order valence-electron chi connectivity index (χ3n) is 6.52. The Balaban J connectivity index is 1.79. The number of hydrogen-bond donors (Lipinski definition) is 1. The molecule has 1 heterocycles. The Hall–Kier alpha value is -0.0800. The summed E-state index contributed by atoms with van der Waals surface area (Å²) in [5.41, 5.74) is 0.896. The van der Waals surface area contributed by atoms with Gasteiger partial charge in [-0.1, -0.05) is 33.6 Å². The van der Waals surface area contributed by atoms with E-state index < -0.39 is 0 Å². The van der Waals surface area contributed by atoms with E-state index in [4.69, 9.17) is 0 Å². The van der Waals surface area contributed by atoms with Gasteiger partial charge in [-0.3, -0.25) is 4.90 Å². The molecule has 20 heavy (non-hydrogen) atoms. The lowest BCUT2D eigenvalue weighted by molar-refractivity contribution is -0.0285. The van der Waals surface area contributed by atoms with Gasteiger partial charge in [-0.2, -0.15) is 0 Å². The molecule has 0 aromatic heterocycles. The molecular weight excluding hydrogens is 244 g/mol. The van der Waals surface area contributed by atoms with E-state index in [0.717, 1.165) is 18.0 Å². The van der Waals surface area contributed by atoms with Gasteiger partial charge in [0.15, 0.2) is 0 Å². The molecule has 2 heteroatoms. The molecule has 1 saturated heterocycles. The molecular formula is C18H34N2. The summed E-state index contributed by atoms with van der Waals surface area (Å²) < 4.78 is 0. The number of piperazine rings is 1. The van der Waals surface area contributed by atoms with Crippen LogP contribution < -0.4 is 5.32 Å². The molecule has 116 valence electrons. The highest BCUT2D eigenvalue weighted by Crippen LogP contribution is 2.45. The van der Waals surface area contributed by atoms with Crippen LogP contribution in [-0.4, -0.2) is 35.6 Å². The summed E-state index contributed by atoms with van der Waals surface area (Å²) in [5, 5.41) is 3.91. The highest BCUT2D eigenvalue weighted by molar-refractivity contribution is 5.06. The fourth-order valence-electron chi connectivity index (χ4n) is 4.86. The van der Waals surface area contributed by atoms with Crippen LogP contribution in [0.5, 0.6) is 0 Å². The predicted molar refractivity (Wildman–Crippen MR) is 86.0 cm³/mol. The molecule has 2 aliphatic carbocycles. The van der Waals surface area contributed by atoms with Crippen LogP contribution in [0.3, 0.4) is 0 Å². The van der Waals surface area contributed by atoms with Gasteiger partial charge in [-0.15, -0.1) is 0 Å². The van der Waals surface area contributed by atoms with Crippen molar-refractivity contribution in [3.63, 3.8) is 0 Å². The van der Waals surface area contributed by atoms with Gasteiger partial charge in [0.05, 0.1) is 0 Å². The third kappa shape index (κ3) is 2.66. The second kappa shape index (κ2) is 5.28. The van der Waals surface area contributed by atoms with E-state index in [2.05, 4.69) is 37.9 Å². The van der Waals surface area contributed by atoms with Crippen molar-refractivity contribution >= 4 is 0 Å². The van der Waals surface area contributed by atoms with Crippen molar-refractivity contribution < 1.29 is 0 Å². The first-order valence-corrected chi connectivity index (χ1v) is 8.97. The lowest BCUT2D eigenvalue weighted by atomic mass is 9.71. The zero-order valence-electron chi connectivity index (χ0n) is 14.0. The first-order chi connectivity index (χ1) is 9.46. The molecule has 0 spiro atoms. The molecule has 2 saturated carbocycles. The van der Waals surface area contributed by atoms with Crippen LogP contribution in [0.2, 0.25) is 0 Å². The zero-order valence-corrected chi connectivity index (χ0v) is 14.0. The first kappa shape index (κ1) is 14.8. The Kier molecular flexibility index (Phi) is 3.92. The maximum Gasteiger partial charge on any atom is 0.0309 e. The Labute approximate surface area is 125 Å². The molecule has 2 nitrogen and oxygen atoms in total. The molecule has 0 bridgehead atoms. The largest absolute Gasteiger partial charge is 0.308 e. The van der Waals surface area contributed by atoms with Crippen molar-refractivity contribution in [2.45, 2.75) is 90.3 Å². The fourth-order valence-corrected chi connectivity index (χ4v) is 4.86. The fraction of sp³-hybridized carbons (Fsp3) is 1.00. The second-order valence-electron chi connectivity index (χ2n) is 8.56. The van der Waals surface area contributed by atoms with Crippen molar-refractivity contribution in [3.8, 4) is 0 Å². The topological polar surface area (TPSA) is 15.3 Å². The van der Waals surface area contributed by atoms with E-state index in [9.17, 15) is 0 Å². The second-order valence-corrected chi connectivity index (χ2v) is 8.56. The Morgan fingerprint density at radius 2 is 1.85 bits per heavy atom. The number of nitrogens with zero attached hydrogens (tertiary/aromatic N) is 1. The van der Waals surface area contributed by atoms with E-state index in [1.54, 1.807) is 0 Å². The van der Waals surface area contributed by atoms with Crippen LogP contribution in [0.4, 0.5) is 0 Å². The molecule has 0 aromatic rings. The summed E-state index contributed by atoms with van der Waals surface area (Å²) >= 11 is 0. The van der Waals surface area contributed by atoms with Crippen LogP contribution in [0.15, 0.2) is 0 Å². The average Bonchev–Trinajstić information content (AvgIpc) is 3.23. The SMILES string of the molecule is CCC1CNC(C)(C2CC2)CN1C1CCCCC1(C)C. The molecule has 3 rings (SSSR count). The highest BCUT2D eigenvalue weighted by atomic mass is 15.3. The van der Waals surface area contributed by atoms with Gasteiger partial charge in [0.25, 0.3) is 0 Å². The molecule has 3 atom stereocenters. The summed E-state index contributed by atoms with van der Waals surface area (Å²) in [7, 11) is 0. The Morgan fingerprint density at radius 1 is 1.10 bits per heavy atom. The van der Waals surface area contributed by atoms with Gasteiger partial charge in [0.2, 0.25) is 0 Å². The molecule has 0 radical (unpaired) electrons. The minimum atomic E-state index is 0.388. The minimum Gasteiger partial charge on any atom is -0.308 e. The Morgan fingerprint density at radius 3 is 2.45 bits per heavy atom. The average molecular weight is 278 g/mol. The van der Waals surface area contributed by atoms with E-state index in [0.29, 0.717) is 11.0 Å². The van der Waals surface area contributed by atoms with Crippen molar-refractivity contribution in [1.29, 1.82) is 0 Å². The van der Waals surface area contributed by atoms with Gasteiger partial charge in [0.1, 0.15) is 0 Å². The van der Waals surface area contributed by atoms with E-state index in [-0.39, 0.29) is 0 Å². The van der Waals surface area contributed by atoms with Crippen molar-refractivity contribution in [1.82, 2.24) is 10.2 Å². The van der Waals surface area contributed by atoms with Crippen LogP contribution in [-0.2, 0) is 0 Å². The summed E-state index contributed by atoms with van der Waals surface area (Å²) in [4.78, 5) is 2.92. The van der Waals surface area contributed by atoms with Gasteiger partial charge in [0, 0.05) is 30.7 Å². The molecule has 3 unspecified atom stereocenters. The lowest BCUT2D eigenvalue weighted by Gasteiger charge is -2.54. The van der Waals surface area contributed by atoms with Gasteiger partial charge < -0.3 is 5.32 Å². The first-order valence-electron chi connectivity index (χ1n) is 8.97. The monoisotopic (exact) mass is 278 g/mol. The van der Waals surface area contributed by atoms with Crippen LogP contribution in [0.1, 0.15) is 72.6 Å². The number of nitrogens with one attached hydrogen (secondary N) is 1. The third-order valence-corrected chi connectivity index (χ3v) is 6.52. The normalized spacial score (nSPS) is 42.6. The lowest BCUT2D eigenvalue weighted by Crippen LogP contribution is -2.67. The quantitative estimate of drug-likeness (QED) is 0.844. The van der Waals surface area contributed by atoms with Gasteiger partial charge in [-0.05, 0) is 50.4 Å². The highest BCUT2D eigenvalue weighted by Gasteiger charge is 2.49. The van der Waals surface area contributed by atoms with Crippen LogP contribution in [0.25, 0.3) is 0 Å². The van der Waals surface area contributed by atoms with Gasteiger partial charge >= 0.3 is 0 Å². The molecule has 1 aliphatic heterocycles. The summed E-state index contributed by atoms with van der Waals surface area (Å²) in [6, 6.07) is 1.56. The zero-order chi connectivity index (χ0) is 14.4. The van der Waals surface area contributed by atoms with E-state index >= 15 is 0 Å². The summed E-state index contributed by atoms with van der Waals surface area (Å²) in [5.74, 6) is 0.939. The maximum atomic E-state index is 3.91. The molecule has 0 aromatic carbocycles. The Bertz CT molecular complexity index is 347. The number of rotatable bonds is 3. The molecule has 0 amide bonds. The number of hydrogen-bond acceptors (Lipinski definition) is 2.